The highest BCUT2D eigenvalue weighted by Crippen LogP contribution is 2.30. The summed E-state index contributed by atoms with van der Waals surface area (Å²) in [7, 11) is -4.08. The Labute approximate surface area is 210 Å². The largest absolute Gasteiger partial charge is 0.339 e. The number of sulfonamides is 1. The summed E-state index contributed by atoms with van der Waals surface area (Å²) >= 11 is 6.18. The molecule has 3 aromatic rings. The number of nitrogens with one attached hydrogen (secondary N) is 1. The summed E-state index contributed by atoms with van der Waals surface area (Å²) in [4.78, 5) is 28.0. The number of nitrogens with zero attached hydrogens (tertiary/aromatic N) is 2. The number of halogens is 1. The Bertz CT molecular complexity index is 1340. The van der Waals surface area contributed by atoms with Crippen molar-refractivity contribution in [2.24, 2.45) is 0 Å². The number of benzene rings is 3. The van der Waals surface area contributed by atoms with Crippen molar-refractivity contribution in [1.82, 2.24) is 4.90 Å². The number of anilines is 2. The van der Waals surface area contributed by atoms with E-state index >= 15 is 0 Å². The second-order valence-electron chi connectivity index (χ2n) is 8.35. The lowest BCUT2D eigenvalue weighted by Gasteiger charge is -2.26. The zero-order valence-corrected chi connectivity index (χ0v) is 20.8. The minimum absolute atomic E-state index is 0.0526. The second-order valence-corrected chi connectivity index (χ2v) is 10.6. The lowest BCUT2D eigenvalue weighted by molar-refractivity contribution is -0.114. The second kappa shape index (κ2) is 10.5. The first kappa shape index (κ1) is 24.8. The lowest BCUT2D eigenvalue weighted by Crippen LogP contribution is -2.39. The van der Waals surface area contributed by atoms with Gasteiger partial charge in [-0.05, 0) is 61.7 Å². The Balaban J connectivity index is 1.65. The molecule has 0 unspecified atom stereocenters. The molecule has 1 heterocycles. The summed E-state index contributed by atoms with van der Waals surface area (Å²) < 4.78 is 28.2. The first-order valence-electron chi connectivity index (χ1n) is 11.3. The molecule has 0 aromatic heterocycles. The van der Waals surface area contributed by atoms with Gasteiger partial charge < -0.3 is 10.2 Å². The highest BCUT2D eigenvalue weighted by Gasteiger charge is 2.29. The van der Waals surface area contributed by atoms with Gasteiger partial charge in [-0.15, -0.1) is 0 Å². The third-order valence-corrected chi connectivity index (χ3v) is 7.89. The Kier molecular flexibility index (Phi) is 7.42. The maximum atomic E-state index is 13.6. The Morgan fingerprint density at radius 2 is 1.63 bits per heavy atom. The van der Waals surface area contributed by atoms with Gasteiger partial charge in [0.25, 0.3) is 15.9 Å². The molecule has 7 nitrogen and oxygen atoms in total. The highest BCUT2D eigenvalue weighted by molar-refractivity contribution is 7.92. The number of hydrogen-bond donors (Lipinski definition) is 1. The molecule has 0 atom stereocenters. The van der Waals surface area contributed by atoms with E-state index in [0.29, 0.717) is 40.6 Å². The van der Waals surface area contributed by atoms with E-state index in [0.717, 1.165) is 17.1 Å². The zero-order valence-electron chi connectivity index (χ0n) is 19.3. The Morgan fingerprint density at radius 3 is 2.34 bits per heavy atom. The lowest BCUT2D eigenvalue weighted by atomic mass is 10.1. The third kappa shape index (κ3) is 5.49. The molecule has 1 N–H and O–H groups in total. The fraction of sp³-hybridized carbons (Fsp3) is 0.231. The first-order valence-corrected chi connectivity index (χ1v) is 13.1. The molecule has 0 spiro atoms. The first-order chi connectivity index (χ1) is 16.8. The van der Waals surface area contributed by atoms with Crippen molar-refractivity contribution >= 4 is 44.8 Å². The summed E-state index contributed by atoms with van der Waals surface area (Å²) in [5.74, 6) is -0.733. The van der Waals surface area contributed by atoms with Gasteiger partial charge in [-0.2, -0.15) is 0 Å². The van der Waals surface area contributed by atoms with Gasteiger partial charge in [0, 0.05) is 18.1 Å². The molecule has 1 fully saturated rings. The van der Waals surface area contributed by atoms with Gasteiger partial charge in [0.05, 0.1) is 21.8 Å². The van der Waals surface area contributed by atoms with Crippen LogP contribution in [0.4, 0.5) is 11.4 Å². The summed E-state index contributed by atoms with van der Waals surface area (Å²) in [5, 5.41) is 3.10. The maximum Gasteiger partial charge on any atom is 0.264 e. The van der Waals surface area contributed by atoms with Gasteiger partial charge in [0.2, 0.25) is 5.91 Å². The van der Waals surface area contributed by atoms with Crippen LogP contribution in [0.2, 0.25) is 5.02 Å². The van der Waals surface area contributed by atoms with Crippen molar-refractivity contribution in [2.75, 3.05) is 29.3 Å². The standard InChI is InChI=1S/C26H26ClN3O4S/c1-19-13-14-20(27)17-24(19)30(35(33,34)21-9-3-2-4-10-21)18-25(31)28-23-12-6-5-11-22(23)26(32)29-15-7-8-16-29/h2-6,9-14,17H,7-8,15-16,18H2,1H3,(H,28,31). The Hall–Kier alpha value is -3.36. The van der Waals surface area contributed by atoms with Crippen molar-refractivity contribution in [3.05, 3.63) is 88.9 Å². The number of para-hydroxylation sites is 1. The van der Waals surface area contributed by atoms with Gasteiger partial charge in [-0.25, -0.2) is 8.42 Å². The molecular weight excluding hydrogens is 486 g/mol. The van der Waals surface area contributed by atoms with Gasteiger partial charge in [-0.3, -0.25) is 13.9 Å². The molecule has 0 radical (unpaired) electrons. The minimum atomic E-state index is -4.08. The van der Waals surface area contributed by atoms with E-state index in [2.05, 4.69) is 5.32 Å². The summed E-state index contributed by atoms with van der Waals surface area (Å²) in [6, 6.07) is 19.6. The maximum absolute atomic E-state index is 13.6. The summed E-state index contributed by atoms with van der Waals surface area (Å²) in [6.45, 7) is 2.61. The van der Waals surface area contributed by atoms with Crippen LogP contribution >= 0.6 is 11.6 Å². The molecule has 3 aromatic carbocycles. The molecule has 1 saturated heterocycles. The number of amides is 2. The molecule has 35 heavy (non-hydrogen) atoms. The van der Waals surface area contributed by atoms with Crippen LogP contribution in [0.25, 0.3) is 0 Å². The van der Waals surface area contributed by atoms with Gasteiger partial charge in [-0.1, -0.05) is 48.0 Å². The van der Waals surface area contributed by atoms with E-state index in [4.69, 9.17) is 11.6 Å². The van der Waals surface area contributed by atoms with Crippen LogP contribution in [-0.4, -0.2) is 44.8 Å². The molecule has 0 aliphatic carbocycles. The fourth-order valence-corrected chi connectivity index (χ4v) is 5.72. The molecule has 0 saturated carbocycles. The average Bonchev–Trinajstić information content (AvgIpc) is 3.40. The molecule has 0 bridgehead atoms. The fourth-order valence-electron chi connectivity index (χ4n) is 4.06. The van der Waals surface area contributed by atoms with E-state index in [9.17, 15) is 18.0 Å². The van der Waals surface area contributed by atoms with Gasteiger partial charge in [0.15, 0.2) is 0 Å². The van der Waals surface area contributed by atoms with Crippen LogP contribution < -0.4 is 9.62 Å². The SMILES string of the molecule is Cc1ccc(Cl)cc1N(CC(=O)Nc1ccccc1C(=O)N1CCCC1)S(=O)(=O)c1ccccc1. The molecule has 9 heteroatoms. The zero-order chi connectivity index (χ0) is 25.0. The summed E-state index contributed by atoms with van der Waals surface area (Å²) in [6.07, 6.45) is 1.90. The van der Waals surface area contributed by atoms with Crippen LogP contribution in [0.15, 0.2) is 77.7 Å². The summed E-state index contributed by atoms with van der Waals surface area (Å²) in [5.41, 5.74) is 1.66. The smallest absolute Gasteiger partial charge is 0.264 e. The van der Waals surface area contributed by atoms with Crippen LogP contribution in [0.3, 0.4) is 0 Å². The van der Waals surface area contributed by atoms with Crippen molar-refractivity contribution in [3.8, 4) is 0 Å². The number of aryl methyl sites for hydroxylation is 1. The molecule has 182 valence electrons. The number of carbonyl (C=O) groups is 2. The molecule has 2 amide bonds. The van der Waals surface area contributed by atoms with Crippen molar-refractivity contribution in [2.45, 2.75) is 24.7 Å². The topological polar surface area (TPSA) is 86.8 Å². The Morgan fingerprint density at radius 1 is 0.971 bits per heavy atom. The number of rotatable bonds is 7. The predicted molar refractivity (Wildman–Crippen MR) is 137 cm³/mol. The number of likely N-dealkylation sites (tertiary alicyclic amines) is 1. The van der Waals surface area contributed by atoms with Crippen LogP contribution in [0.1, 0.15) is 28.8 Å². The van der Waals surface area contributed by atoms with Gasteiger partial charge >= 0.3 is 0 Å². The van der Waals surface area contributed by atoms with Crippen LogP contribution in [0.5, 0.6) is 0 Å². The molecule has 1 aliphatic rings. The normalized spacial score (nSPS) is 13.5. The minimum Gasteiger partial charge on any atom is -0.339 e. The van der Waals surface area contributed by atoms with Crippen LogP contribution in [-0.2, 0) is 14.8 Å². The van der Waals surface area contributed by atoms with E-state index in [1.807, 2.05) is 0 Å². The molecule has 4 rings (SSSR count). The highest BCUT2D eigenvalue weighted by atomic mass is 35.5. The number of hydrogen-bond acceptors (Lipinski definition) is 4. The average molecular weight is 512 g/mol. The predicted octanol–water partition coefficient (Wildman–Crippen LogP) is 4.72. The van der Waals surface area contributed by atoms with E-state index in [1.165, 1.54) is 18.2 Å². The van der Waals surface area contributed by atoms with E-state index < -0.39 is 22.5 Å². The third-order valence-electron chi connectivity index (χ3n) is 5.88. The number of carbonyl (C=O) groups excluding carboxylic acids is 2. The van der Waals surface area contributed by atoms with E-state index in [-0.39, 0.29) is 10.8 Å². The van der Waals surface area contributed by atoms with Crippen molar-refractivity contribution < 1.29 is 18.0 Å². The monoisotopic (exact) mass is 511 g/mol. The quantitative estimate of drug-likeness (QED) is 0.497. The van der Waals surface area contributed by atoms with Crippen molar-refractivity contribution in [3.63, 3.8) is 0 Å². The molecule has 1 aliphatic heterocycles. The van der Waals surface area contributed by atoms with Crippen molar-refractivity contribution in [1.29, 1.82) is 0 Å². The molecular formula is C26H26ClN3O4S. The van der Waals surface area contributed by atoms with E-state index in [1.54, 1.807) is 66.4 Å². The van der Waals surface area contributed by atoms with Crippen LogP contribution in [0, 0.1) is 6.92 Å². The van der Waals surface area contributed by atoms with Gasteiger partial charge in [0.1, 0.15) is 6.54 Å².